The number of benzene rings is 1. The maximum absolute atomic E-state index is 14.2. The molecule has 9 nitrogen and oxygen atoms in total. The topological polar surface area (TPSA) is 104 Å². The largest absolute Gasteiger partial charge is 0.462 e. The Morgan fingerprint density at radius 1 is 1.23 bits per heavy atom. The molecule has 10 heteroatoms. The number of nitrogens with one attached hydrogen (secondary N) is 1. The molecule has 0 saturated heterocycles. The maximum Gasteiger partial charge on any atom is 0.340 e. The van der Waals surface area contributed by atoms with Gasteiger partial charge in [-0.25, -0.2) is 13.9 Å². The van der Waals surface area contributed by atoms with Gasteiger partial charge in [0.2, 0.25) is 5.91 Å². The van der Waals surface area contributed by atoms with Gasteiger partial charge in [-0.05, 0) is 62.4 Å². The molecule has 0 atom stereocenters. The van der Waals surface area contributed by atoms with Crippen molar-refractivity contribution < 1.29 is 18.7 Å². The summed E-state index contributed by atoms with van der Waals surface area (Å²) in [5.74, 6) is -1.60. The fourth-order valence-corrected chi connectivity index (χ4v) is 3.41. The molecule has 0 unspecified atom stereocenters. The van der Waals surface area contributed by atoms with Crippen LogP contribution >= 0.6 is 0 Å². The summed E-state index contributed by atoms with van der Waals surface area (Å²) < 4.78 is 22.7. The number of carbonyl (C=O) groups excluding carboxylic acids is 2. The van der Waals surface area contributed by atoms with Gasteiger partial charge < -0.3 is 14.6 Å². The van der Waals surface area contributed by atoms with Crippen LogP contribution < -0.4 is 5.32 Å². The number of ether oxygens (including phenoxy) is 1. The van der Waals surface area contributed by atoms with Gasteiger partial charge in [0.1, 0.15) is 12.1 Å². The van der Waals surface area contributed by atoms with Crippen LogP contribution in [0.3, 0.4) is 0 Å². The monoisotopic (exact) mass is 426 g/mol. The highest BCUT2D eigenvalue weighted by molar-refractivity contribution is 6.04. The molecule has 0 aliphatic heterocycles. The minimum Gasteiger partial charge on any atom is -0.462 e. The quantitative estimate of drug-likeness (QED) is 0.460. The van der Waals surface area contributed by atoms with Crippen LogP contribution in [0.5, 0.6) is 0 Å². The van der Waals surface area contributed by atoms with Crippen LogP contribution in [0, 0.1) is 19.7 Å². The Morgan fingerprint density at radius 2 is 2.00 bits per heavy atom. The molecular formula is C21H23FN6O3. The van der Waals surface area contributed by atoms with Crippen LogP contribution in [0.4, 0.5) is 10.1 Å². The van der Waals surface area contributed by atoms with Crippen molar-refractivity contribution in [3.8, 4) is 5.69 Å². The summed E-state index contributed by atoms with van der Waals surface area (Å²) in [4.78, 5) is 24.9. The molecule has 31 heavy (non-hydrogen) atoms. The van der Waals surface area contributed by atoms with E-state index < -0.39 is 17.7 Å². The highest BCUT2D eigenvalue weighted by atomic mass is 19.1. The van der Waals surface area contributed by atoms with E-state index in [4.69, 9.17) is 4.74 Å². The standard InChI is InChI=1S/C21H23FN6O3/c1-5-27-13(3)16(20(14(27)4)21(30)31-6-2)8-10-19(29)24-18-11-15(7-9-17(18)22)28-12-23-25-26-28/h7-12H,5-6H2,1-4H3,(H,24,29). The molecule has 0 saturated carbocycles. The fraction of sp³-hybridized carbons (Fsp3) is 0.286. The Morgan fingerprint density at radius 3 is 2.65 bits per heavy atom. The molecule has 0 bridgehead atoms. The van der Waals surface area contributed by atoms with Crippen LogP contribution in [-0.2, 0) is 16.1 Å². The minimum atomic E-state index is -0.602. The first-order chi connectivity index (χ1) is 14.9. The van der Waals surface area contributed by atoms with Crippen LogP contribution in [0.15, 0.2) is 30.6 Å². The Labute approximate surface area is 178 Å². The number of anilines is 1. The lowest BCUT2D eigenvalue weighted by molar-refractivity contribution is -0.111. The number of hydrogen-bond acceptors (Lipinski definition) is 6. The molecule has 162 valence electrons. The van der Waals surface area contributed by atoms with E-state index in [-0.39, 0.29) is 12.3 Å². The number of nitrogens with zero attached hydrogens (tertiary/aromatic N) is 5. The van der Waals surface area contributed by atoms with E-state index in [2.05, 4.69) is 20.8 Å². The average molecular weight is 426 g/mol. The molecule has 2 aromatic heterocycles. The Hall–Kier alpha value is -3.82. The van der Waals surface area contributed by atoms with E-state index in [1.165, 1.54) is 35.3 Å². The molecule has 0 spiro atoms. The molecule has 1 aromatic carbocycles. The van der Waals surface area contributed by atoms with Crippen molar-refractivity contribution in [1.29, 1.82) is 0 Å². The van der Waals surface area contributed by atoms with Gasteiger partial charge in [0, 0.05) is 29.6 Å². The maximum atomic E-state index is 14.2. The molecule has 0 aliphatic rings. The molecule has 1 N–H and O–H groups in total. The molecule has 3 aromatic rings. The number of aromatic nitrogens is 5. The van der Waals surface area contributed by atoms with Crippen LogP contribution in [0.2, 0.25) is 0 Å². The molecule has 0 radical (unpaired) electrons. The van der Waals surface area contributed by atoms with Crippen molar-refractivity contribution in [2.75, 3.05) is 11.9 Å². The van der Waals surface area contributed by atoms with Crippen molar-refractivity contribution >= 4 is 23.6 Å². The molecule has 0 aliphatic carbocycles. The van der Waals surface area contributed by atoms with Gasteiger partial charge in [-0.15, -0.1) is 5.10 Å². The van der Waals surface area contributed by atoms with Crippen LogP contribution in [0.1, 0.15) is 41.2 Å². The summed E-state index contributed by atoms with van der Waals surface area (Å²) in [5, 5.41) is 13.3. The number of tetrazole rings is 1. The van der Waals surface area contributed by atoms with Crippen LogP contribution in [-0.4, -0.2) is 43.3 Å². The number of esters is 1. The zero-order chi connectivity index (χ0) is 22.5. The second-order valence-corrected chi connectivity index (χ2v) is 6.67. The smallest absolute Gasteiger partial charge is 0.340 e. The van der Waals surface area contributed by atoms with E-state index in [0.717, 1.165) is 11.4 Å². The molecule has 0 fully saturated rings. The molecular weight excluding hydrogens is 403 g/mol. The van der Waals surface area contributed by atoms with Gasteiger partial charge in [0.25, 0.3) is 0 Å². The van der Waals surface area contributed by atoms with Gasteiger partial charge in [-0.3, -0.25) is 4.79 Å². The predicted octanol–water partition coefficient (Wildman–Crippen LogP) is 3.07. The SMILES string of the molecule is CCOC(=O)c1c(C=CC(=O)Nc2cc(-n3cnnn3)ccc2F)c(C)n(CC)c1C. The number of amides is 1. The number of carbonyl (C=O) groups is 2. The summed E-state index contributed by atoms with van der Waals surface area (Å²) in [6.07, 6.45) is 4.16. The number of rotatable bonds is 7. The molecule has 3 rings (SSSR count). The van der Waals surface area contributed by atoms with Crippen molar-refractivity contribution in [2.24, 2.45) is 0 Å². The number of hydrogen-bond donors (Lipinski definition) is 1. The number of halogens is 1. The van der Waals surface area contributed by atoms with Gasteiger partial charge in [-0.1, -0.05) is 0 Å². The third kappa shape index (κ3) is 4.52. The van der Waals surface area contributed by atoms with Gasteiger partial charge in [0.05, 0.1) is 23.5 Å². The molecule has 1 amide bonds. The third-order valence-corrected chi connectivity index (χ3v) is 4.85. The first-order valence-corrected chi connectivity index (χ1v) is 9.76. The van der Waals surface area contributed by atoms with E-state index in [1.807, 2.05) is 25.3 Å². The fourth-order valence-electron chi connectivity index (χ4n) is 3.41. The van der Waals surface area contributed by atoms with E-state index in [9.17, 15) is 14.0 Å². The van der Waals surface area contributed by atoms with E-state index >= 15 is 0 Å². The summed E-state index contributed by atoms with van der Waals surface area (Å²) in [7, 11) is 0. The zero-order valence-corrected chi connectivity index (χ0v) is 17.7. The summed E-state index contributed by atoms with van der Waals surface area (Å²) >= 11 is 0. The second-order valence-electron chi connectivity index (χ2n) is 6.67. The van der Waals surface area contributed by atoms with E-state index in [0.29, 0.717) is 23.4 Å². The minimum absolute atomic E-state index is 0.0210. The first kappa shape index (κ1) is 21.9. The first-order valence-electron chi connectivity index (χ1n) is 9.76. The lowest BCUT2D eigenvalue weighted by Gasteiger charge is -2.07. The Balaban J connectivity index is 1.87. The summed E-state index contributed by atoms with van der Waals surface area (Å²) in [6, 6.07) is 4.12. The van der Waals surface area contributed by atoms with Gasteiger partial charge in [0.15, 0.2) is 0 Å². The Kier molecular flexibility index (Phi) is 6.58. The van der Waals surface area contributed by atoms with Crippen molar-refractivity contribution in [1.82, 2.24) is 24.8 Å². The van der Waals surface area contributed by atoms with Crippen molar-refractivity contribution in [3.63, 3.8) is 0 Å². The van der Waals surface area contributed by atoms with Gasteiger partial charge >= 0.3 is 5.97 Å². The van der Waals surface area contributed by atoms with E-state index in [1.54, 1.807) is 13.0 Å². The van der Waals surface area contributed by atoms with Crippen LogP contribution in [0.25, 0.3) is 11.8 Å². The molecule has 2 heterocycles. The Bertz CT molecular complexity index is 1130. The summed E-state index contributed by atoms with van der Waals surface area (Å²) in [6.45, 7) is 8.31. The lowest BCUT2D eigenvalue weighted by Crippen LogP contribution is -2.10. The highest BCUT2D eigenvalue weighted by Crippen LogP contribution is 2.25. The summed E-state index contributed by atoms with van der Waals surface area (Å²) in [5.41, 5.74) is 3.07. The van der Waals surface area contributed by atoms with Crippen molar-refractivity contribution in [3.05, 3.63) is 58.9 Å². The third-order valence-electron chi connectivity index (χ3n) is 4.85. The average Bonchev–Trinajstić information content (AvgIpc) is 3.35. The zero-order valence-electron chi connectivity index (χ0n) is 17.7. The lowest BCUT2D eigenvalue weighted by atomic mass is 10.1. The van der Waals surface area contributed by atoms with Gasteiger partial charge in [-0.2, -0.15) is 0 Å². The highest BCUT2D eigenvalue weighted by Gasteiger charge is 2.22. The second kappa shape index (κ2) is 9.33. The van der Waals surface area contributed by atoms with Crippen molar-refractivity contribution in [2.45, 2.75) is 34.2 Å². The normalized spacial score (nSPS) is 11.1. The predicted molar refractivity (Wildman–Crippen MR) is 112 cm³/mol.